The molecule has 1 aliphatic heterocycles. The molecule has 2 amide bonds. The molecule has 2 heterocycles. The highest BCUT2D eigenvalue weighted by atomic mass is 16.5. The van der Waals surface area contributed by atoms with Crippen LogP contribution in [0, 0.1) is 11.8 Å². The molecule has 1 saturated carbocycles. The van der Waals surface area contributed by atoms with Crippen molar-refractivity contribution < 1.29 is 19.4 Å². The number of carboxylic acids is 1. The molecule has 0 spiro atoms. The average molecular weight is 375 g/mol. The number of aliphatic carboxylic acids is 1. The zero-order chi connectivity index (χ0) is 19.2. The molecule has 2 N–H and O–H groups in total. The van der Waals surface area contributed by atoms with Gasteiger partial charge < -0.3 is 20.1 Å². The van der Waals surface area contributed by atoms with Gasteiger partial charge in [-0.2, -0.15) is 0 Å². The number of ether oxygens (including phenoxy) is 1. The highest BCUT2D eigenvalue weighted by Crippen LogP contribution is 2.26. The molecule has 1 aliphatic carbocycles. The zero-order valence-corrected chi connectivity index (χ0v) is 15.9. The maximum atomic E-state index is 12.3. The Morgan fingerprint density at radius 1 is 1.22 bits per heavy atom. The Hall–Kier alpha value is -2.31. The molecule has 1 aromatic rings. The third kappa shape index (κ3) is 5.58. The van der Waals surface area contributed by atoms with E-state index in [9.17, 15) is 9.59 Å². The first kappa shape index (κ1) is 19.5. The number of carboxylic acid groups (broad SMARTS) is 1. The Bertz CT molecular complexity index is 650. The number of rotatable bonds is 5. The van der Waals surface area contributed by atoms with Crippen LogP contribution in [-0.4, -0.2) is 46.2 Å². The summed E-state index contributed by atoms with van der Waals surface area (Å²) in [5.41, 5.74) is 0.943. The van der Waals surface area contributed by atoms with E-state index in [1.807, 2.05) is 12.1 Å². The lowest BCUT2D eigenvalue weighted by atomic mass is 9.89. The normalized spacial score (nSPS) is 23.7. The second-order valence-corrected chi connectivity index (χ2v) is 7.76. The van der Waals surface area contributed by atoms with Crippen molar-refractivity contribution in [2.75, 3.05) is 13.1 Å². The van der Waals surface area contributed by atoms with Gasteiger partial charge in [0.1, 0.15) is 6.10 Å². The molecule has 3 rings (SSSR count). The number of hydrogen-bond donors (Lipinski definition) is 2. The molecular weight excluding hydrogens is 346 g/mol. The van der Waals surface area contributed by atoms with Crippen LogP contribution < -0.4 is 10.1 Å². The summed E-state index contributed by atoms with van der Waals surface area (Å²) in [4.78, 5) is 29.3. The van der Waals surface area contributed by atoms with E-state index in [0.717, 1.165) is 24.3 Å². The lowest BCUT2D eigenvalue weighted by Gasteiger charge is -2.30. The van der Waals surface area contributed by atoms with Gasteiger partial charge in [-0.25, -0.2) is 9.78 Å². The molecule has 1 aromatic heterocycles. The largest absolute Gasteiger partial charge is 0.481 e. The van der Waals surface area contributed by atoms with Crippen molar-refractivity contribution in [1.82, 2.24) is 15.2 Å². The summed E-state index contributed by atoms with van der Waals surface area (Å²) >= 11 is 0. The van der Waals surface area contributed by atoms with Crippen LogP contribution in [0.5, 0.6) is 5.88 Å². The maximum absolute atomic E-state index is 12.3. The summed E-state index contributed by atoms with van der Waals surface area (Å²) in [5, 5.41) is 11.9. The van der Waals surface area contributed by atoms with Crippen molar-refractivity contribution >= 4 is 12.0 Å². The fourth-order valence-corrected chi connectivity index (χ4v) is 3.76. The van der Waals surface area contributed by atoms with Gasteiger partial charge in [0.15, 0.2) is 0 Å². The molecule has 0 unspecified atom stereocenters. The Morgan fingerprint density at radius 3 is 2.59 bits per heavy atom. The molecule has 0 bridgehead atoms. The summed E-state index contributed by atoms with van der Waals surface area (Å²) < 4.78 is 6.01. The Kier molecular flexibility index (Phi) is 6.53. The number of carbonyl (C=O) groups is 2. The van der Waals surface area contributed by atoms with Crippen LogP contribution in [0.2, 0.25) is 0 Å². The number of urea groups is 1. The van der Waals surface area contributed by atoms with Gasteiger partial charge in [0.25, 0.3) is 0 Å². The molecule has 7 heteroatoms. The molecule has 148 valence electrons. The molecule has 2 fully saturated rings. The van der Waals surface area contributed by atoms with Crippen molar-refractivity contribution in [2.24, 2.45) is 11.8 Å². The lowest BCUT2D eigenvalue weighted by molar-refractivity contribution is -0.143. The summed E-state index contributed by atoms with van der Waals surface area (Å²) in [6.07, 6.45) is 7.48. The van der Waals surface area contributed by atoms with E-state index in [4.69, 9.17) is 9.84 Å². The number of aromatic nitrogens is 1. The van der Waals surface area contributed by atoms with Crippen molar-refractivity contribution in [3.8, 4) is 5.88 Å². The summed E-state index contributed by atoms with van der Waals surface area (Å²) in [7, 11) is 0. The van der Waals surface area contributed by atoms with E-state index in [-0.39, 0.29) is 18.1 Å². The van der Waals surface area contributed by atoms with E-state index in [2.05, 4.69) is 17.2 Å². The predicted molar refractivity (Wildman–Crippen MR) is 100 cm³/mol. The van der Waals surface area contributed by atoms with Gasteiger partial charge in [-0.05, 0) is 56.1 Å². The van der Waals surface area contributed by atoms with Gasteiger partial charge in [-0.1, -0.05) is 6.92 Å². The van der Waals surface area contributed by atoms with Crippen molar-refractivity contribution in [1.29, 1.82) is 0 Å². The maximum Gasteiger partial charge on any atom is 0.317 e. The van der Waals surface area contributed by atoms with Crippen LogP contribution in [0.4, 0.5) is 4.79 Å². The van der Waals surface area contributed by atoms with Gasteiger partial charge in [0.05, 0.1) is 5.92 Å². The molecule has 0 atom stereocenters. The van der Waals surface area contributed by atoms with Gasteiger partial charge in [-0.3, -0.25) is 4.79 Å². The van der Waals surface area contributed by atoms with E-state index in [1.165, 1.54) is 12.8 Å². The summed E-state index contributed by atoms with van der Waals surface area (Å²) in [6.45, 7) is 3.64. The van der Waals surface area contributed by atoms with Crippen LogP contribution in [0.25, 0.3) is 0 Å². The van der Waals surface area contributed by atoms with Gasteiger partial charge in [0.2, 0.25) is 5.88 Å². The quantitative estimate of drug-likeness (QED) is 0.825. The molecule has 7 nitrogen and oxygen atoms in total. The smallest absolute Gasteiger partial charge is 0.317 e. The van der Waals surface area contributed by atoms with Crippen molar-refractivity contribution in [2.45, 2.75) is 58.1 Å². The second kappa shape index (κ2) is 9.06. The minimum atomic E-state index is -0.771. The molecular formula is C20H29N3O4. The fourth-order valence-electron chi connectivity index (χ4n) is 3.76. The molecule has 0 aromatic carbocycles. The van der Waals surface area contributed by atoms with E-state index >= 15 is 0 Å². The van der Waals surface area contributed by atoms with Gasteiger partial charge in [-0.15, -0.1) is 0 Å². The summed E-state index contributed by atoms with van der Waals surface area (Å²) in [6, 6.07) is 3.60. The third-order valence-corrected chi connectivity index (χ3v) is 5.62. The molecule has 0 radical (unpaired) electrons. The Balaban J connectivity index is 1.45. The van der Waals surface area contributed by atoms with Crippen LogP contribution in [0.15, 0.2) is 18.3 Å². The fraction of sp³-hybridized carbons (Fsp3) is 0.650. The minimum absolute atomic E-state index is 0.153. The minimum Gasteiger partial charge on any atom is -0.481 e. The number of nitrogens with one attached hydrogen (secondary N) is 1. The van der Waals surface area contributed by atoms with Crippen LogP contribution in [0.3, 0.4) is 0 Å². The van der Waals surface area contributed by atoms with E-state index < -0.39 is 5.97 Å². The number of likely N-dealkylation sites (tertiary alicyclic amines) is 1. The van der Waals surface area contributed by atoms with Crippen LogP contribution >= 0.6 is 0 Å². The number of hydrogen-bond acceptors (Lipinski definition) is 4. The SMILES string of the molecule is CC1CCC(Oc2cc(CNC(=O)N3CCC(C(=O)O)CC3)ccn2)CC1. The number of pyridine rings is 1. The average Bonchev–Trinajstić information content (AvgIpc) is 2.68. The highest BCUT2D eigenvalue weighted by molar-refractivity contribution is 5.75. The Labute approximate surface area is 160 Å². The van der Waals surface area contributed by atoms with Crippen LogP contribution in [-0.2, 0) is 11.3 Å². The van der Waals surface area contributed by atoms with Crippen molar-refractivity contribution in [3.05, 3.63) is 23.9 Å². The Morgan fingerprint density at radius 2 is 1.93 bits per heavy atom. The molecule has 2 aliphatic rings. The van der Waals surface area contributed by atoms with Gasteiger partial charge in [0, 0.05) is 31.9 Å². The number of nitrogens with zero attached hydrogens (tertiary/aromatic N) is 2. The molecule has 1 saturated heterocycles. The lowest BCUT2D eigenvalue weighted by Crippen LogP contribution is -2.45. The third-order valence-electron chi connectivity index (χ3n) is 5.62. The number of carbonyl (C=O) groups excluding carboxylic acids is 1. The second-order valence-electron chi connectivity index (χ2n) is 7.76. The van der Waals surface area contributed by atoms with Crippen LogP contribution in [0.1, 0.15) is 51.0 Å². The summed E-state index contributed by atoms with van der Waals surface area (Å²) in [5.74, 6) is 0.284. The van der Waals surface area contributed by atoms with Gasteiger partial charge >= 0.3 is 12.0 Å². The first-order valence-electron chi connectivity index (χ1n) is 9.88. The highest BCUT2D eigenvalue weighted by Gasteiger charge is 2.26. The number of amides is 2. The molecule has 27 heavy (non-hydrogen) atoms. The first-order valence-corrected chi connectivity index (χ1v) is 9.88. The zero-order valence-electron chi connectivity index (χ0n) is 15.9. The first-order chi connectivity index (χ1) is 13.0. The monoisotopic (exact) mass is 375 g/mol. The predicted octanol–water partition coefficient (Wildman–Crippen LogP) is 3.05. The van der Waals surface area contributed by atoms with E-state index in [0.29, 0.717) is 38.4 Å². The topological polar surface area (TPSA) is 91.8 Å². The standard InChI is InChI=1S/C20H29N3O4/c1-14-2-4-17(5-3-14)27-18-12-15(6-9-21-18)13-22-20(26)23-10-7-16(8-11-23)19(24)25/h6,9,12,14,16-17H,2-5,7-8,10-11,13H2,1H3,(H,22,26)(H,24,25). The van der Waals surface area contributed by atoms with E-state index in [1.54, 1.807) is 11.1 Å². The van der Waals surface area contributed by atoms with Crippen molar-refractivity contribution in [3.63, 3.8) is 0 Å². The number of piperidine rings is 1.